The Labute approximate surface area is 300 Å². The predicted octanol–water partition coefficient (Wildman–Crippen LogP) is 3.89. The summed E-state index contributed by atoms with van der Waals surface area (Å²) in [5.74, 6) is -2.26. The van der Waals surface area contributed by atoms with Crippen LogP contribution in [0.4, 0.5) is 4.79 Å². The van der Waals surface area contributed by atoms with E-state index in [0.29, 0.717) is 32.2 Å². The summed E-state index contributed by atoms with van der Waals surface area (Å²) < 4.78 is 25.4. The van der Waals surface area contributed by atoms with E-state index in [1.54, 1.807) is 20.8 Å². The minimum absolute atomic E-state index is 0.00845. The topological polar surface area (TPSA) is 171 Å². The average molecular weight is 722 g/mol. The fraction of sp³-hybridized carbons (Fsp3) is 0.811. The fourth-order valence-corrected chi connectivity index (χ4v) is 8.36. The molecule has 2 saturated carbocycles. The molecule has 0 aromatic rings. The SMILES string of the molecule is C=CCNC(=O)C(=O)C(CC1CC1)NC(=O)C1CC(C(C)C)CN1C(=O)C(NC(=O)NC1CCCCCC1CS(=O)(=O)C(C)(C)C)C(C)(C)C. The lowest BCUT2D eigenvalue weighted by molar-refractivity contribution is -0.143. The number of sulfone groups is 1. The summed E-state index contributed by atoms with van der Waals surface area (Å²) in [6.07, 6.45) is 8.08. The summed E-state index contributed by atoms with van der Waals surface area (Å²) in [5, 5.41) is 11.3. The average Bonchev–Trinajstić information content (AvgIpc) is 3.76. The number of urea groups is 1. The van der Waals surface area contributed by atoms with Gasteiger partial charge in [-0.3, -0.25) is 19.2 Å². The normalized spacial score (nSPS) is 24.5. The van der Waals surface area contributed by atoms with Crippen LogP contribution in [0.2, 0.25) is 0 Å². The van der Waals surface area contributed by atoms with Gasteiger partial charge in [-0.2, -0.15) is 0 Å². The van der Waals surface area contributed by atoms with E-state index < -0.39 is 67.7 Å². The van der Waals surface area contributed by atoms with Crippen molar-refractivity contribution in [1.29, 1.82) is 0 Å². The second kappa shape index (κ2) is 17.0. The largest absolute Gasteiger partial charge is 0.346 e. The molecule has 0 bridgehead atoms. The monoisotopic (exact) mass is 721 g/mol. The molecule has 5 amide bonds. The van der Waals surface area contributed by atoms with E-state index >= 15 is 0 Å². The van der Waals surface area contributed by atoms with E-state index in [9.17, 15) is 32.4 Å². The molecule has 0 aromatic heterocycles. The lowest BCUT2D eigenvalue weighted by Gasteiger charge is -2.36. The van der Waals surface area contributed by atoms with Crippen molar-refractivity contribution in [3.63, 3.8) is 0 Å². The molecule has 6 atom stereocenters. The molecule has 12 nitrogen and oxygen atoms in total. The number of carbonyl (C=O) groups excluding carboxylic acids is 5. The number of ketones is 1. The summed E-state index contributed by atoms with van der Waals surface area (Å²) in [6.45, 7) is 18.7. The van der Waals surface area contributed by atoms with Crippen molar-refractivity contribution in [2.75, 3.05) is 18.8 Å². The highest BCUT2D eigenvalue weighted by molar-refractivity contribution is 7.92. The second-order valence-electron chi connectivity index (χ2n) is 17.2. The number of hydrogen-bond donors (Lipinski definition) is 4. The van der Waals surface area contributed by atoms with Gasteiger partial charge in [0.25, 0.3) is 5.91 Å². The van der Waals surface area contributed by atoms with Gasteiger partial charge in [0.15, 0.2) is 9.84 Å². The third kappa shape index (κ3) is 11.3. The molecule has 1 aliphatic heterocycles. The molecular formula is C37H63N5O7S. The van der Waals surface area contributed by atoms with Crippen molar-refractivity contribution < 1.29 is 32.4 Å². The van der Waals surface area contributed by atoms with Gasteiger partial charge in [-0.25, -0.2) is 13.2 Å². The first kappa shape index (κ1) is 41.5. The van der Waals surface area contributed by atoms with E-state index in [1.807, 2.05) is 34.6 Å². The lowest BCUT2D eigenvalue weighted by atomic mass is 9.85. The van der Waals surface area contributed by atoms with Crippen LogP contribution in [-0.2, 0) is 29.0 Å². The molecule has 0 spiro atoms. The standard InChI is InChI=1S/C37H63N5O7S/c1-10-18-38-33(45)30(43)28(19-24-16-17-24)39-32(44)29-20-26(23(2)3)21-42(29)34(46)31(36(4,5)6)41-35(47)40-27-15-13-11-12-14-25(27)22-50(48,49)37(7,8)9/h10,23-29,31H,1,11-22H2,2-9H3,(H,38,45)(H,39,44)(H2,40,41,47). The van der Waals surface area contributed by atoms with Crippen molar-refractivity contribution in [3.05, 3.63) is 12.7 Å². The third-order valence-corrected chi connectivity index (χ3v) is 13.4. The van der Waals surface area contributed by atoms with Crippen LogP contribution >= 0.6 is 0 Å². The molecule has 3 fully saturated rings. The van der Waals surface area contributed by atoms with Gasteiger partial charge in [0.05, 0.1) is 16.5 Å². The quantitative estimate of drug-likeness (QED) is 0.120. The van der Waals surface area contributed by atoms with E-state index in [4.69, 9.17) is 0 Å². The molecule has 13 heteroatoms. The van der Waals surface area contributed by atoms with Crippen molar-refractivity contribution in [3.8, 4) is 0 Å². The van der Waals surface area contributed by atoms with Gasteiger partial charge in [-0.1, -0.05) is 72.8 Å². The van der Waals surface area contributed by atoms with Crippen molar-refractivity contribution in [2.24, 2.45) is 29.1 Å². The first-order valence-electron chi connectivity index (χ1n) is 18.5. The molecule has 4 N–H and O–H groups in total. The molecule has 0 radical (unpaired) electrons. The van der Waals surface area contributed by atoms with Gasteiger partial charge in [-0.05, 0) is 75.5 Å². The van der Waals surface area contributed by atoms with Crippen LogP contribution in [0.3, 0.4) is 0 Å². The van der Waals surface area contributed by atoms with Crippen LogP contribution in [0.15, 0.2) is 12.7 Å². The van der Waals surface area contributed by atoms with E-state index in [0.717, 1.165) is 32.1 Å². The van der Waals surface area contributed by atoms with Crippen LogP contribution in [0, 0.1) is 29.1 Å². The first-order valence-corrected chi connectivity index (χ1v) is 20.1. The zero-order valence-corrected chi connectivity index (χ0v) is 32.4. The van der Waals surface area contributed by atoms with Gasteiger partial charge in [0.1, 0.15) is 12.1 Å². The highest BCUT2D eigenvalue weighted by Gasteiger charge is 2.47. The Bertz CT molecular complexity index is 1360. The van der Waals surface area contributed by atoms with Crippen LogP contribution < -0.4 is 21.3 Å². The Morgan fingerprint density at radius 1 is 0.920 bits per heavy atom. The molecule has 1 heterocycles. The number of carbonyl (C=O) groups is 5. The molecule has 3 aliphatic rings. The van der Waals surface area contributed by atoms with Gasteiger partial charge in [-0.15, -0.1) is 6.58 Å². The molecule has 2 aliphatic carbocycles. The van der Waals surface area contributed by atoms with E-state index in [1.165, 1.54) is 11.0 Å². The maximum Gasteiger partial charge on any atom is 0.315 e. The number of nitrogens with one attached hydrogen (secondary N) is 4. The maximum atomic E-state index is 14.4. The summed E-state index contributed by atoms with van der Waals surface area (Å²) >= 11 is 0. The Morgan fingerprint density at radius 3 is 2.12 bits per heavy atom. The van der Waals surface area contributed by atoms with Crippen LogP contribution in [0.25, 0.3) is 0 Å². The Balaban J connectivity index is 1.81. The molecule has 1 saturated heterocycles. The third-order valence-electron chi connectivity index (χ3n) is 10.6. The van der Waals surface area contributed by atoms with E-state index in [-0.39, 0.29) is 42.0 Å². The first-order chi connectivity index (χ1) is 23.2. The summed E-state index contributed by atoms with van der Waals surface area (Å²) in [5.41, 5.74) is -0.739. The highest BCUT2D eigenvalue weighted by Crippen LogP contribution is 2.35. The van der Waals surface area contributed by atoms with Crippen LogP contribution in [-0.4, -0.2) is 90.6 Å². The minimum atomic E-state index is -3.42. The predicted molar refractivity (Wildman–Crippen MR) is 195 cm³/mol. The number of nitrogens with zero attached hydrogens (tertiary/aromatic N) is 1. The molecule has 284 valence electrons. The summed E-state index contributed by atoms with van der Waals surface area (Å²) in [4.78, 5) is 69.2. The molecule has 0 aromatic carbocycles. The van der Waals surface area contributed by atoms with Crippen LogP contribution in [0.5, 0.6) is 0 Å². The number of amides is 5. The number of rotatable bonds is 14. The second-order valence-corrected chi connectivity index (χ2v) is 20.0. The fourth-order valence-electron chi connectivity index (χ4n) is 6.90. The Hall–Kier alpha value is -2.96. The highest BCUT2D eigenvalue weighted by atomic mass is 32.2. The van der Waals surface area contributed by atoms with Crippen molar-refractivity contribution >= 4 is 39.4 Å². The number of likely N-dealkylation sites (tertiary alicyclic amines) is 1. The maximum absolute atomic E-state index is 14.4. The van der Waals surface area contributed by atoms with Crippen molar-refractivity contribution in [1.82, 2.24) is 26.2 Å². The molecule has 3 rings (SSSR count). The zero-order chi connectivity index (χ0) is 37.6. The van der Waals surface area contributed by atoms with Gasteiger partial charge >= 0.3 is 6.03 Å². The molecule has 6 unspecified atom stereocenters. The van der Waals surface area contributed by atoms with Gasteiger partial charge < -0.3 is 26.2 Å². The number of Topliss-reactive ketones (excluding diaryl/α,β-unsaturated/α-hetero) is 1. The zero-order valence-electron chi connectivity index (χ0n) is 31.6. The van der Waals surface area contributed by atoms with Gasteiger partial charge in [0, 0.05) is 19.1 Å². The summed E-state index contributed by atoms with van der Waals surface area (Å²) in [6, 6.07) is -3.81. The molecular weight excluding hydrogens is 659 g/mol. The van der Waals surface area contributed by atoms with Crippen molar-refractivity contribution in [2.45, 2.75) is 142 Å². The van der Waals surface area contributed by atoms with E-state index in [2.05, 4.69) is 27.8 Å². The van der Waals surface area contributed by atoms with Gasteiger partial charge in [0.2, 0.25) is 17.6 Å². The summed E-state index contributed by atoms with van der Waals surface area (Å²) in [7, 11) is -3.42. The molecule has 50 heavy (non-hydrogen) atoms. The van der Waals surface area contributed by atoms with Crippen LogP contribution in [0.1, 0.15) is 113 Å². The lowest BCUT2D eigenvalue weighted by Crippen LogP contribution is -2.61. The Morgan fingerprint density at radius 2 is 1.56 bits per heavy atom. The Kier molecular flexibility index (Phi) is 14.1. The number of hydrogen-bond acceptors (Lipinski definition) is 7. The minimum Gasteiger partial charge on any atom is -0.346 e. The smallest absolute Gasteiger partial charge is 0.315 e.